The summed E-state index contributed by atoms with van der Waals surface area (Å²) in [6.45, 7) is 0. The van der Waals surface area contributed by atoms with Crippen LogP contribution in [0.1, 0.15) is 28.8 Å². The van der Waals surface area contributed by atoms with Crippen LogP contribution in [0.25, 0.3) is 0 Å². The number of anilines is 1. The lowest BCUT2D eigenvalue weighted by molar-refractivity contribution is 0.0993. The summed E-state index contributed by atoms with van der Waals surface area (Å²) in [6, 6.07) is 11.9. The Morgan fingerprint density at radius 3 is 2.80 bits per heavy atom. The molecule has 1 heterocycles. The lowest BCUT2D eigenvalue weighted by atomic mass is 10.0. The van der Waals surface area contributed by atoms with E-state index in [1.807, 2.05) is 24.3 Å². The van der Waals surface area contributed by atoms with Crippen LogP contribution >= 0.6 is 11.6 Å². The SMILES string of the molecule is O=C(Cc1ccccc1NC1CC1)c1cccnc1Cl. The molecule has 0 radical (unpaired) electrons. The number of nitrogens with one attached hydrogen (secondary N) is 1. The maximum Gasteiger partial charge on any atom is 0.170 e. The topological polar surface area (TPSA) is 42.0 Å². The Morgan fingerprint density at radius 1 is 1.25 bits per heavy atom. The molecule has 4 heteroatoms. The number of ketones is 1. The molecule has 1 fully saturated rings. The third-order valence-corrected chi connectivity index (χ3v) is 3.67. The van der Waals surface area contributed by atoms with E-state index in [-0.39, 0.29) is 10.9 Å². The van der Waals surface area contributed by atoms with Gasteiger partial charge in [-0.1, -0.05) is 29.8 Å². The van der Waals surface area contributed by atoms with Crippen molar-refractivity contribution in [3.8, 4) is 0 Å². The molecule has 102 valence electrons. The van der Waals surface area contributed by atoms with Crippen LogP contribution in [0.3, 0.4) is 0 Å². The molecule has 0 aliphatic heterocycles. The summed E-state index contributed by atoms with van der Waals surface area (Å²) in [5.41, 5.74) is 2.53. The third kappa shape index (κ3) is 2.99. The van der Waals surface area contributed by atoms with E-state index in [4.69, 9.17) is 11.6 Å². The van der Waals surface area contributed by atoms with Crippen molar-refractivity contribution in [1.82, 2.24) is 4.98 Å². The van der Waals surface area contributed by atoms with Crippen LogP contribution in [-0.2, 0) is 6.42 Å². The largest absolute Gasteiger partial charge is 0.382 e. The minimum absolute atomic E-state index is 0.00635. The lowest BCUT2D eigenvalue weighted by Gasteiger charge is -2.11. The Kier molecular flexibility index (Phi) is 3.70. The van der Waals surface area contributed by atoms with Crippen molar-refractivity contribution in [2.24, 2.45) is 0 Å². The van der Waals surface area contributed by atoms with E-state index in [1.54, 1.807) is 18.3 Å². The number of aromatic nitrogens is 1. The van der Waals surface area contributed by atoms with E-state index in [0.717, 1.165) is 11.3 Å². The Labute approximate surface area is 123 Å². The van der Waals surface area contributed by atoms with Gasteiger partial charge >= 0.3 is 0 Å². The van der Waals surface area contributed by atoms with Crippen LogP contribution < -0.4 is 5.32 Å². The van der Waals surface area contributed by atoms with Gasteiger partial charge in [0.25, 0.3) is 0 Å². The highest BCUT2D eigenvalue weighted by atomic mass is 35.5. The van der Waals surface area contributed by atoms with Gasteiger partial charge in [-0.3, -0.25) is 4.79 Å². The Balaban J connectivity index is 1.80. The zero-order chi connectivity index (χ0) is 13.9. The zero-order valence-corrected chi connectivity index (χ0v) is 11.7. The zero-order valence-electron chi connectivity index (χ0n) is 11.0. The number of para-hydroxylation sites is 1. The molecule has 1 aromatic heterocycles. The van der Waals surface area contributed by atoms with Gasteiger partial charge in [-0.2, -0.15) is 0 Å². The van der Waals surface area contributed by atoms with Crippen LogP contribution in [0.2, 0.25) is 5.15 Å². The third-order valence-electron chi connectivity index (χ3n) is 3.36. The average Bonchev–Trinajstić information content (AvgIpc) is 3.25. The number of nitrogens with zero attached hydrogens (tertiary/aromatic N) is 1. The number of rotatable bonds is 5. The van der Waals surface area contributed by atoms with E-state index >= 15 is 0 Å². The molecule has 0 bridgehead atoms. The molecule has 3 nitrogen and oxygen atoms in total. The van der Waals surface area contributed by atoms with Gasteiger partial charge in [0.05, 0.1) is 5.56 Å². The Morgan fingerprint density at radius 2 is 2.05 bits per heavy atom. The van der Waals surface area contributed by atoms with Gasteiger partial charge in [0.15, 0.2) is 5.78 Å². The number of carbonyl (C=O) groups is 1. The molecule has 1 aromatic carbocycles. The highest BCUT2D eigenvalue weighted by Gasteiger charge is 2.22. The molecule has 1 saturated carbocycles. The minimum Gasteiger partial charge on any atom is -0.382 e. The summed E-state index contributed by atoms with van der Waals surface area (Å²) >= 11 is 5.97. The van der Waals surface area contributed by atoms with Crippen LogP contribution in [0.15, 0.2) is 42.6 Å². The molecule has 1 aliphatic carbocycles. The first-order chi connectivity index (χ1) is 9.74. The first-order valence-corrected chi connectivity index (χ1v) is 7.10. The number of carbonyl (C=O) groups excluding carboxylic acids is 1. The molecule has 2 aromatic rings. The van der Waals surface area contributed by atoms with Crippen molar-refractivity contribution in [3.05, 3.63) is 58.9 Å². The fourth-order valence-corrected chi connectivity index (χ4v) is 2.35. The van der Waals surface area contributed by atoms with Crippen molar-refractivity contribution in [3.63, 3.8) is 0 Å². The number of Topliss-reactive ketones (excluding diaryl/α,β-unsaturated/α-hetero) is 1. The predicted molar refractivity (Wildman–Crippen MR) is 80.4 cm³/mol. The maximum absolute atomic E-state index is 12.3. The van der Waals surface area contributed by atoms with Gasteiger partial charge in [-0.05, 0) is 36.6 Å². The highest BCUT2D eigenvalue weighted by Crippen LogP contribution is 2.27. The summed E-state index contributed by atoms with van der Waals surface area (Å²) < 4.78 is 0. The molecule has 0 atom stereocenters. The summed E-state index contributed by atoms with van der Waals surface area (Å²) in [4.78, 5) is 16.3. The molecule has 0 spiro atoms. The summed E-state index contributed by atoms with van der Waals surface area (Å²) in [6.07, 6.45) is 4.33. The predicted octanol–water partition coefficient (Wildman–Crippen LogP) is 3.73. The fraction of sp³-hybridized carbons (Fsp3) is 0.250. The molecule has 0 saturated heterocycles. The Bertz CT molecular complexity index is 638. The van der Waals surface area contributed by atoms with Gasteiger partial charge in [0.1, 0.15) is 5.15 Å². The van der Waals surface area contributed by atoms with E-state index in [9.17, 15) is 4.79 Å². The van der Waals surface area contributed by atoms with Gasteiger partial charge in [0.2, 0.25) is 0 Å². The van der Waals surface area contributed by atoms with Crippen molar-refractivity contribution < 1.29 is 4.79 Å². The maximum atomic E-state index is 12.3. The molecule has 0 amide bonds. The smallest absolute Gasteiger partial charge is 0.170 e. The molecule has 1 aliphatic rings. The molecule has 0 unspecified atom stereocenters. The second-order valence-corrected chi connectivity index (χ2v) is 5.38. The van der Waals surface area contributed by atoms with E-state index in [0.29, 0.717) is 18.0 Å². The van der Waals surface area contributed by atoms with Crippen molar-refractivity contribution in [2.75, 3.05) is 5.32 Å². The van der Waals surface area contributed by atoms with Crippen LogP contribution in [0.5, 0.6) is 0 Å². The van der Waals surface area contributed by atoms with Gasteiger partial charge < -0.3 is 5.32 Å². The fourth-order valence-electron chi connectivity index (χ4n) is 2.13. The summed E-state index contributed by atoms with van der Waals surface area (Å²) in [5, 5.41) is 3.72. The molecular formula is C16H15ClN2O. The molecule has 1 N–H and O–H groups in total. The number of halogens is 1. The van der Waals surface area contributed by atoms with E-state index in [1.165, 1.54) is 12.8 Å². The normalized spacial score (nSPS) is 14.1. The second kappa shape index (κ2) is 5.63. The average molecular weight is 287 g/mol. The second-order valence-electron chi connectivity index (χ2n) is 5.02. The number of benzene rings is 1. The standard InChI is InChI=1S/C16H15ClN2O/c17-16-13(5-3-9-18-16)15(20)10-11-4-1-2-6-14(11)19-12-7-8-12/h1-6,9,12,19H,7-8,10H2. The molecular weight excluding hydrogens is 272 g/mol. The Hall–Kier alpha value is -1.87. The van der Waals surface area contributed by atoms with Gasteiger partial charge in [-0.15, -0.1) is 0 Å². The first kappa shape index (κ1) is 13.1. The first-order valence-electron chi connectivity index (χ1n) is 6.72. The van der Waals surface area contributed by atoms with Crippen LogP contribution in [-0.4, -0.2) is 16.8 Å². The lowest BCUT2D eigenvalue weighted by Crippen LogP contribution is -2.09. The van der Waals surface area contributed by atoms with Gasteiger partial charge in [-0.25, -0.2) is 4.98 Å². The van der Waals surface area contributed by atoms with Crippen molar-refractivity contribution in [1.29, 1.82) is 0 Å². The number of pyridine rings is 1. The summed E-state index contributed by atoms with van der Waals surface area (Å²) in [5.74, 6) is -0.00635. The van der Waals surface area contributed by atoms with Crippen molar-refractivity contribution in [2.45, 2.75) is 25.3 Å². The van der Waals surface area contributed by atoms with Crippen LogP contribution in [0.4, 0.5) is 5.69 Å². The van der Waals surface area contributed by atoms with E-state index < -0.39 is 0 Å². The van der Waals surface area contributed by atoms with E-state index in [2.05, 4.69) is 10.3 Å². The van der Waals surface area contributed by atoms with Crippen molar-refractivity contribution >= 4 is 23.1 Å². The number of hydrogen-bond acceptors (Lipinski definition) is 3. The molecule has 20 heavy (non-hydrogen) atoms. The van der Waals surface area contributed by atoms with Gasteiger partial charge in [0, 0.05) is 24.3 Å². The monoisotopic (exact) mass is 286 g/mol. The quantitative estimate of drug-likeness (QED) is 0.672. The van der Waals surface area contributed by atoms with Crippen LogP contribution in [0, 0.1) is 0 Å². The molecule has 3 rings (SSSR count). The number of hydrogen-bond donors (Lipinski definition) is 1. The summed E-state index contributed by atoms with van der Waals surface area (Å²) in [7, 11) is 0. The highest BCUT2D eigenvalue weighted by molar-refractivity contribution is 6.32. The minimum atomic E-state index is -0.00635.